The quantitative estimate of drug-likeness (QED) is 0.810. The Labute approximate surface area is 176 Å². The number of hydrogen-bond acceptors (Lipinski definition) is 4. The van der Waals surface area contributed by atoms with E-state index in [1.165, 1.54) is 12.1 Å². The van der Waals surface area contributed by atoms with Crippen molar-refractivity contribution >= 4 is 5.91 Å². The predicted octanol–water partition coefficient (Wildman–Crippen LogP) is 4.35. The number of amides is 1. The molecule has 1 saturated heterocycles. The van der Waals surface area contributed by atoms with Crippen LogP contribution in [0.4, 0.5) is 4.39 Å². The van der Waals surface area contributed by atoms with Crippen molar-refractivity contribution in [1.29, 1.82) is 0 Å². The summed E-state index contributed by atoms with van der Waals surface area (Å²) in [5.74, 6) is 0.495. The summed E-state index contributed by atoms with van der Waals surface area (Å²) in [6.45, 7) is 0.405. The van der Waals surface area contributed by atoms with Crippen molar-refractivity contribution in [2.45, 2.75) is 43.7 Å². The van der Waals surface area contributed by atoms with Crippen LogP contribution in [-0.2, 0) is 0 Å². The van der Waals surface area contributed by atoms with E-state index in [4.69, 9.17) is 9.47 Å². The van der Waals surface area contributed by atoms with Crippen LogP contribution in [0.2, 0.25) is 0 Å². The molecule has 2 aliphatic rings. The molecule has 1 N–H and O–H groups in total. The number of rotatable bonds is 4. The number of ether oxygens (including phenoxy) is 2. The van der Waals surface area contributed by atoms with Crippen molar-refractivity contribution in [1.82, 2.24) is 4.90 Å². The molecule has 0 unspecified atom stereocenters. The summed E-state index contributed by atoms with van der Waals surface area (Å²) in [6.07, 6.45) is 4.06. The summed E-state index contributed by atoms with van der Waals surface area (Å²) in [5, 5.41) is 11.4. The number of benzene rings is 2. The van der Waals surface area contributed by atoms with Gasteiger partial charge >= 0.3 is 0 Å². The number of fused-ring (bicyclic) bond motifs is 1. The van der Waals surface area contributed by atoms with Crippen molar-refractivity contribution in [3.05, 3.63) is 59.4 Å². The molecule has 2 fully saturated rings. The lowest BCUT2D eigenvalue weighted by Crippen LogP contribution is -2.56. The van der Waals surface area contributed by atoms with Gasteiger partial charge in [-0.05, 0) is 49.6 Å². The van der Waals surface area contributed by atoms with Gasteiger partial charge in [0.1, 0.15) is 17.3 Å². The molecule has 0 spiro atoms. The number of nitrogens with zero attached hydrogens (tertiary/aromatic N) is 1. The number of carbonyl (C=O) groups is 1. The number of piperidine rings is 1. The molecule has 160 valence electrons. The largest absolute Gasteiger partial charge is 0.497 e. The minimum absolute atomic E-state index is 0.111. The molecule has 5 nitrogen and oxygen atoms in total. The Morgan fingerprint density at radius 3 is 2.70 bits per heavy atom. The third-order valence-corrected chi connectivity index (χ3v) is 6.66. The summed E-state index contributed by atoms with van der Waals surface area (Å²) < 4.78 is 24.8. The van der Waals surface area contributed by atoms with E-state index in [-0.39, 0.29) is 17.9 Å². The third kappa shape index (κ3) is 3.65. The van der Waals surface area contributed by atoms with Crippen LogP contribution in [0.25, 0.3) is 0 Å². The first-order chi connectivity index (χ1) is 14.5. The molecule has 2 aromatic rings. The highest BCUT2D eigenvalue weighted by Crippen LogP contribution is 2.51. The SMILES string of the molecule is COc1ccc([C@@H]2[C@H]3CCCC[C@]3(O)CCN2C(=O)c2cccc(F)c2)c(OC)c1. The fourth-order valence-corrected chi connectivity index (χ4v) is 5.14. The molecule has 0 bridgehead atoms. The minimum atomic E-state index is -0.813. The van der Waals surface area contributed by atoms with Gasteiger partial charge in [0.05, 0.1) is 25.9 Å². The predicted molar refractivity (Wildman–Crippen MR) is 111 cm³/mol. The fourth-order valence-electron chi connectivity index (χ4n) is 5.14. The number of methoxy groups -OCH3 is 2. The van der Waals surface area contributed by atoms with Crippen LogP contribution in [0.15, 0.2) is 42.5 Å². The molecule has 1 aliphatic heterocycles. The van der Waals surface area contributed by atoms with Crippen LogP contribution in [0, 0.1) is 11.7 Å². The van der Waals surface area contributed by atoms with Crippen LogP contribution in [0.5, 0.6) is 11.5 Å². The number of carbonyl (C=O) groups excluding carboxylic acids is 1. The van der Waals surface area contributed by atoms with Gasteiger partial charge in [0.15, 0.2) is 0 Å². The number of likely N-dealkylation sites (tertiary alicyclic amines) is 1. The minimum Gasteiger partial charge on any atom is -0.497 e. The van der Waals surface area contributed by atoms with Crippen LogP contribution in [0.1, 0.15) is 54.1 Å². The Morgan fingerprint density at radius 2 is 1.97 bits per heavy atom. The number of hydrogen-bond donors (Lipinski definition) is 1. The topological polar surface area (TPSA) is 59.0 Å². The normalized spacial score (nSPS) is 26.1. The van der Waals surface area contributed by atoms with Crippen molar-refractivity contribution < 1.29 is 23.8 Å². The maximum absolute atomic E-state index is 13.8. The van der Waals surface area contributed by atoms with Gasteiger partial charge in [-0.25, -0.2) is 4.39 Å². The zero-order valence-corrected chi connectivity index (χ0v) is 17.4. The van der Waals surface area contributed by atoms with E-state index in [1.54, 1.807) is 37.3 Å². The second-order valence-corrected chi connectivity index (χ2v) is 8.27. The first-order valence-electron chi connectivity index (χ1n) is 10.5. The van der Waals surface area contributed by atoms with Gasteiger partial charge in [0, 0.05) is 29.7 Å². The molecule has 4 rings (SSSR count). The average Bonchev–Trinajstić information content (AvgIpc) is 2.77. The zero-order valence-electron chi connectivity index (χ0n) is 17.4. The average molecular weight is 413 g/mol. The Morgan fingerprint density at radius 1 is 1.13 bits per heavy atom. The lowest BCUT2D eigenvalue weighted by atomic mass is 9.66. The highest BCUT2D eigenvalue weighted by atomic mass is 19.1. The highest BCUT2D eigenvalue weighted by molar-refractivity contribution is 5.94. The van der Waals surface area contributed by atoms with Gasteiger partial charge in [-0.15, -0.1) is 0 Å². The van der Waals surface area contributed by atoms with Gasteiger partial charge in [-0.1, -0.05) is 18.9 Å². The second kappa shape index (κ2) is 8.26. The molecule has 1 amide bonds. The van der Waals surface area contributed by atoms with Crippen molar-refractivity contribution in [2.75, 3.05) is 20.8 Å². The van der Waals surface area contributed by atoms with Crippen molar-refractivity contribution in [3.63, 3.8) is 0 Å². The van der Waals surface area contributed by atoms with Crippen molar-refractivity contribution in [3.8, 4) is 11.5 Å². The Balaban J connectivity index is 1.80. The van der Waals surface area contributed by atoms with Gasteiger partial charge in [-0.2, -0.15) is 0 Å². The molecular formula is C24H28FNO4. The Hall–Kier alpha value is -2.60. The van der Waals surface area contributed by atoms with E-state index in [0.29, 0.717) is 30.0 Å². The lowest BCUT2D eigenvalue weighted by molar-refractivity contribution is -0.115. The summed E-state index contributed by atoms with van der Waals surface area (Å²) >= 11 is 0. The molecule has 1 aliphatic carbocycles. The third-order valence-electron chi connectivity index (χ3n) is 6.66. The standard InChI is InChI=1S/C24H28FNO4/c1-29-18-9-10-19(21(15-18)30-2)22-20-8-3-4-11-24(20,28)12-13-26(22)23(27)16-6-5-7-17(25)14-16/h5-7,9-10,14-15,20,22,28H,3-4,8,11-13H2,1-2H3/t20-,22-,24+/m1/s1. The maximum Gasteiger partial charge on any atom is 0.254 e. The highest BCUT2D eigenvalue weighted by Gasteiger charge is 2.51. The summed E-state index contributed by atoms with van der Waals surface area (Å²) in [6, 6.07) is 11.0. The van der Waals surface area contributed by atoms with Crippen LogP contribution in [0.3, 0.4) is 0 Å². The monoisotopic (exact) mass is 413 g/mol. The van der Waals surface area contributed by atoms with Crippen LogP contribution < -0.4 is 9.47 Å². The first kappa shape index (κ1) is 20.7. The van der Waals surface area contributed by atoms with E-state index in [9.17, 15) is 14.3 Å². The lowest BCUT2D eigenvalue weighted by Gasteiger charge is -2.52. The molecule has 1 saturated carbocycles. The molecule has 6 heteroatoms. The van der Waals surface area contributed by atoms with Crippen LogP contribution in [-0.4, -0.2) is 42.3 Å². The molecule has 30 heavy (non-hydrogen) atoms. The number of aliphatic hydroxyl groups is 1. The zero-order chi connectivity index (χ0) is 21.3. The summed E-state index contributed by atoms with van der Waals surface area (Å²) in [4.78, 5) is 15.2. The van der Waals surface area contributed by atoms with Gasteiger partial charge < -0.3 is 19.5 Å². The molecule has 2 aromatic carbocycles. The number of halogens is 1. The van der Waals surface area contributed by atoms with E-state index in [2.05, 4.69) is 0 Å². The Kier molecular flexibility index (Phi) is 5.69. The maximum atomic E-state index is 13.8. The van der Waals surface area contributed by atoms with Gasteiger partial charge in [-0.3, -0.25) is 4.79 Å². The molecule has 3 atom stereocenters. The molecular weight excluding hydrogens is 385 g/mol. The summed E-state index contributed by atoms with van der Waals surface area (Å²) in [5.41, 5.74) is 0.342. The second-order valence-electron chi connectivity index (χ2n) is 8.27. The first-order valence-corrected chi connectivity index (χ1v) is 10.5. The molecule has 1 heterocycles. The molecule has 0 aromatic heterocycles. The van der Waals surface area contributed by atoms with Crippen molar-refractivity contribution in [2.24, 2.45) is 5.92 Å². The van der Waals surface area contributed by atoms with Gasteiger partial charge in [0.25, 0.3) is 5.91 Å². The van der Waals surface area contributed by atoms with Gasteiger partial charge in [0.2, 0.25) is 0 Å². The van der Waals surface area contributed by atoms with Crippen LogP contribution >= 0.6 is 0 Å². The van der Waals surface area contributed by atoms with E-state index in [0.717, 1.165) is 31.2 Å². The summed E-state index contributed by atoms with van der Waals surface area (Å²) in [7, 11) is 3.18. The fraction of sp³-hybridized carbons (Fsp3) is 0.458. The van der Waals surface area contributed by atoms with E-state index < -0.39 is 11.4 Å². The Bertz CT molecular complexity index is 933. The van der Waals surface area contributed by atoms with E-state index >= 15 is 0 Å². The smallest absolute Gasteiger partial charge is 0.254 e. The van der Waals surface area contributed by atoms with E-state index in [1.807, 2.05) is 12.1 Å². The molecule has 0 radical (unpaired) electrons.